The van der Waals surface area contributed by atoms with Crippen molar-refractivity contribution in [3.63, 3.8) is 0 Å². The number of rotatable bonds is 36. The van der Waals surface area contributed by atoms with E-state index in [0.29, 0.717) is 0 Å². The molecule has 2 N–H and O–H groups in total. The Labute approximate surface area is 638 Å². The van der Waals surface area contributed by atoms with Gasteiger partial charge in [-0.05, 0) is 62.2 Å². The number of hydrogen-bond donors (Lipinski definition) is 2. The van der Waals surface area contributed by atoms with Crippen LogP contribution in [0.2, 0.25) is 0 Å². The van der Waals surface area contributed by atoms with E-state index >= 15 is 8.42 Å². The van der Waals surface area contributed by atoms with Crippen LogP contribution < -0.4 is 4.72 Å². The SMILES string of the molecule is [N-]=[N+]=N[C@H]1[C@H](OC(=N)C(Cl)(Cl)Cl)O[C@H](CO[C@@H]2O[C@H](COCc3ccccc3)[C@@H](O[C@@H]3O[C@H](COCc4ccccc4)[C@H](OCc4ccccc4)[C@H](OCc4ccccc4)[C@H]3OCc3ccccc3)[C@H](OCc3ccccc3)[C@H]2NS(=O)(=O)c2ccccc2)[C@H](OCc2ccccc2)[C@@H]1OCc1ccccc1. The summed E-state index contributed by atoms with van der Waals surface area (Å²) >= 11 is 18.9. The standard InChI is InChI=1S/C82H84Cl3N5O16S/c83-82(84,85)81(86)106-79-69(88-90-87)74(97-50-61-36-18-5-19-37-61)71(95-48-59-32-14-3-15-33-59)68(103-79)56-101-78-70(89-107(91,92)65-44-26-9-27-45-65)75(98-51-62-38-20-6-21-39-62)73(67(102-78)55-94-47-58-30-12-2-13-31-58)105-80-77(100-53-64-42-24-8-25-43-64)76(99-52-63-40-22-7-23-41-63)72(96-49-60-34-16-4-17-35-60)66(104-80)54-93-46-57-28-10-1-11-29-57/h1-45,66-80,86,89H,46-56H2/t66-,67-,68-,69-,70-,71+,72+,73-,74-,75-,76+,77-,78-,79+,80+/m1/s1. The second kappa shape index (κ2) is 39.9. The molecule has 3 aliphatic heterocycles. The number of ether oxygens (including phenoxy) is 14. The Bertz CT molecular complexity index is 4260. The molecule has 9 aromatic carbocycles. The van der Waals surface area contributed by atoms with Gasteiger partial charge in [0.05, 0.1) is 77.6 Å². The van der Waals surface area contributed by atoms with Gasteiger partial charge in [0.1, 0.15) is 73.1 Å². The first-order valence-electron chi connectivity index (χ1n) is 35.2. The minimum Gasteiger partial charge on any atom is -0.448 e. The quantitative estimate of drug-likeness (QED) is 0.00925. The molecule has 0 amide bonds. The Morgan fingerprint density at radius 3 is 1.11 bits per heavy atom. The van der Waals surface area contributed by atoms with E-state index in [-0.39, 0.29) is 71.0 Å². The van der Waals surface area contributed by atoms with Gasteiger partial charge in [-0.2, -0.15) is 0 Å². The van der Waals surface area contributed by atoms with Crippen molar-refractivity contribution in [3.05, 3.63) is 328 Å². The van der Waals surface area contributed by atoms with Crippen molar-refractivity contribution in [1.82, 2.24) is 4.72 Å². The third kappa shape index (κ3) is 22.8. The van der Waals surface area contributed by atoms with Gasteiger partial charge in [0, 0.05) is 4.91 Å². The molecule has 0 unspecified atom stereocenters. The summed E-state index contributed by atoms with van der Waals surface area (Å²) in [5.74, 6) is -0.866. The molecule has 21 nitrogen and oxygen atoms in total. The maximum Gasteiger partial charge on any atom is 0.265 e. The highest BCUT2D eigenvalue weighted by Crippen LogP contribution is 2.39. The molecule has 12 rings (SSSR count). The number of alkyl halides is 3. The first-order chi connectivity index (χ1) is 52.3. The fourth-order valence-electron chi connectivity index (χ4n) is 12.8. The van der Waals surface area contributed by atoms with Crippen LogP contribution in [0.5, 0.6) is 0 Å². The van der Waals surface area contributed by atoms with Crippen molar-refractivity contribution in [2.24, 2.45) is 5.11 Å². The monoisotopic (exact) mass is 1530 g/mol. The molecule has 107 heavy (non-hydrogen) atoms. The van der Waals surface area contributed by atoms with Crippen molar-refractivity contribution >= 4 is 50.7 Å². The summed E-state index contributed by atoms with van der Waals surface area (Å²) < 4.78 is 129. The van der Waals surface area contributed by atoms with E-state index in [9.17, 15) is 5.53 Å². The summed E-state index contributed by atoms with van der Waals surface area (Å²) in [4.78, 5) is 3.08. The number of hydrogen-bond acceptors (Lipinski definition) is 18. The number of sulfonamides is 1. The fourth-order valence-corrected chi connectivity index (χ4v) is 14.2. The van der Waals surface area contributed by atoms with Crippen molar-refractivity contribution in [2.45, 2.75) is 154 Å². The molecule has 9 aromatic rings. The number of nitrogens with one attached hydrogen (secondary N) is 2. The van der Waals surface area contributed by atoms with E-state index in [4.69, 9.17) is 107 Å². The maximum atomic E-state index is 15.5. The van der Waals surface area contributed by atoms with Crippen LogP contribution in [0.25, 0.3) is 10.4 Å². The lowest BCUT2D eigenvalue weighted by molar-refractivity contribution is -0.367. The van der Waals surface area contributed by atoms with Crippen molar-refractivity contribution in [2.75, 3.05) is 19.8 Å². The molecule has 25 heteroatoms. The second-order valence-corrected chi connectivity index (χ2v) is 29.7. The first kappa shape index (κ1) is 78.6. The van der Waals surface area contributed by atoms with Crippen molar-refractivity contribution < 1.29 is 74.7 Å². The normalized spacial score (nSPS) is 24.6. The van der Waals surface area contributed by atoms with Crippen molar-refractivity contribution in [1.29, 1.82) is 5.41 Å². The lowest BCUT2D eigenvalue weighted by Gasteiger charge is -2.50. The third-order valence-electron chi connectivity index (χ3n) is 18.1. The second-order valence-electron chi connectivity index (χ2n) is 25.7. The molecule has 560 valence electrons. The van der Waals surface area contributed by atoms with Gasteiger partial charge in [-0.3, -0.25) is 5.41 Å². The van der Waals surface area contributed by atoms with E-state index < -0.39 is 118 Å². The molecule has 0 bridgehead atoms. The average molecular weight is 1530 g/mol. The summed E-state index contributed by atoms with van der Waals surface area (Å²) in [6.45, 7) is -0.338. The van der Waals surface area contributed by atoms with E-state index in [0.717, 1.165) is 44.5 Å². The number of nitrogens with zero attached hydrogens (tertiary/aromatic N) is 3. The molecular formula is C82H84Cl3N5O16S. The van der Waals surface area contributed by atoms with Gasteiger partial charge in [-0.1, -0.05) is 301 Å². The molecule has 0 saturated carbocycles. The zero-order valence-corrected chi connectivity index (χ0v) is 61.4. The topological polar surface area (TPSA) is 248 Å². The van der Waals surface area contributed by atoms with Crippen LogP contribution in [0.4, 0.5) is 0 Å². The Morgan fingerprint density at radius 1 is 0.393 bits per heavy atom. The summed E-state index contributed by atoms with van der Waals surface area (Å²) in [5, 5.41) is 12.9. The molecule has 3 saturated heterocycles. The Hall–Kier alpha value is -7.98. The van der Waals surface area contributed by atoms with Gasteiger partial charge in [0.15, 0.2) is 12.6 Å². The lowest BCUT2D eigenvalue weighted by atomic mass is 9.94. The van der Waals surface area contributed by atoms with Crippen LogP contribution in [-0.2, 0) is 129 Å². The molecular weight excluding hydrogens is 1450 g/mol. The minimum absolute atomic E-state index is 0.0267. The van der Waals surface area contributed by atoms with Crippen LogP contribution in [0.15, 0.2) is 283 Å². The van der Waals surface area contributed by atoms with E-state index in [1.54, 1.807) is 18.2 Å². The number of benzene rings is 9. The molecule has 15 atom stereocenters. The molecule has 0 aliphatic carbocycles. The number of halogens is 3. The van der Waals surface area contributed by atoms with Crippen LogP contribution in [0.1, 0.15) is 44.5 Å². The van der Waals surface area contributed by atoms with E-state index in [2.05, 4.69) is 14.7 Å². The first-order valence-corrected chi connectivity index (χ1v) is 37.8. The lowest BCUT2D eigenvalue weighted by Crippen LogP contribution is -2.69. The smallest absolute Gasteiger partial charge is 0.265 e. The highest BCUT2D eigenvalue weighted by atomic mass is 35.6. The van der Waals surface area contributed by atoms with Crippen molar-refractivity contribution in [3.8, 4) is 0 Å². The number of azide groups is 1. The van der Waals surface area contributed by atoms with Gasteiger partial charge >= 0.3 is 0 Å². The summed E-state index contributed by atoms with van der Waals surface area (Å²) in [6, 6.07) is 81.3. The van der Waals surface area contributed by atoms with Crippen LogP contribution in [0, 0.1) is 5.41 Å². The predicted molar refractivity (Wildman–Crippen MR) is 402 cm³/mol. The molecule has 0 aromatic heterocycles. The molecule has 3 heterocycles. The van der Waals surface area contributed by atoms with Gasteiger partial charge in [-0.25, -0.2) is 13.1 Å². The maximum absolute atomic E-state index is 15.5. The molecule has 0 spiro atoms. The van der Waals surface area contributed by atoms with Gasteiger partial charge < -0.3 is 66.3 Å². The van der Waals surface area contributed by atoms with Crippen LogP contribution in [-0.4, -0.2) is 130 Å². The van der Waals surface area contributed by atoms with Crippen LogP contribution >= 0.6 is 34.8 Å². The average Bonchev–Trinajstić information content (AvgIpc) is 0.766. The zero-order valence-electron chi connectivity index (χ0n) is 58.3. The van der Waals surface area contributed by atoms with E-state index in [1.807, 2.05) is 243 Å². The Balaban J connectivity index is 0.983. The minimum atomic E-state index is -4.58. The zero-order chi connectivity index (χ0) is 74.1. The van der Waals surface area contributed by atoms with E-state index in [1.165, 1.54) is 12.1 Å². The van der Waals surface area contributed by atoms with Gasteiger partial charge in [-0.15, -0.1) is 0 Å². The third-order valence-corrected chi connectivity index (χ3v) is 20.1. The largest absolute Gasteiger partial charge is 0.448 e. The molecule has 0 radical (unpaired) electrons. The summed E-state index contributed by atoms with van der Waals surface area (Å²) in [7, 11) is -4.58. The highest BCUT2D eigenvalue weighted by Gasteiger charge is 2.57. The fraction of sp³-hybridized carbons (Fsp3) is 0.329. The molecule has 3 aliphatic rings. The van der Waals surface area contributed by atoms with Gasteiger partial charge in [0.2, 0.25) is 22.2 Å². The van der Waals surface area contributed by atoms with Crippen LogP contribution in [0.3, 0.4) is 0 Å². The van der Waals surface area contributed by atoms with Gasteiger partial charge in [0.25, 0.3) is 3.79 Å². The summed E-state index contributed by atoms with van der Waals surface area (Å²) in [5.41, 5.74) is 16.8. The summed E-state index contributed by atoms with van der Waals surface area (Å²) in [6.07, 6.45) is -16.5. The molecule has 3 fully saturated rings. The highest BCUT2D eigenvalue weighted by molar-refractivity contribution is 7.89. The Morgan fingerprint density at radius 2 is 0.710 bits per heavy atom. The Kier molecular flexibility index (Phi) is 29.3. The predicted octanol–water partition coefficient (Wildman–Crippen LogP) is 14.9.